The van der Waals surface area contributed by atoms with Crippen molar-refractivity contribution in [2.45, 2.75) is 54.2 Å². The molecule has 0 heterocycles. The van der Waals surface area contributed by atoms with Gasteiger partial charge in [-0.25, -0.2) is 4.79 Å². The highest BCUT2D eigenvalue weighted by atomic mass is 19.4. The Morgan fingerprint density at radius 1 is 0.667 bits per heavy atom. The minimum absolute atomic E-state index is 1.80. The number of carboxylic acids is 1. The van der Waals surface area contributed by atoms with Crippen molar-refractivity contribution >= 4 is 5.97 Å². The third kappa shape index (κ3) is 3.89. The Bertz CT molecular complexity index is 679. The van der Waals surface area contributed by atoms with E-state index in [2.05, 4.69) is 6.58 Å². The van der Waals surface area contributed by atoms with Crippen LogP contribution in [0, 0.1) is 0 Å². The first-order chi connectivity index (χ1) is 12.7. The zero-order chi connectivity index (χ0) is 24.9. The molecule has 1 atom stereocenters. The van der Waals surface area contributed by atoms with Gasteiger partial charge in [-0.1, -0.05) is 6.58 Å². The number of rotatable bonds is 9. The van der Waals surface area contributed by atoms with E-state index in [0.717, 1.165) is 0 Å². The Kier molecular flexibility index (Phi) is 6.90. The first kappa shape index (κ1) is 28.1. The second-order valence-corrected chi connectivity index (χ2v) is 5.62. The molecule has 3 nitrogen and oxygen atoms in total. The summed E-state index contributed by atoms with van der Waals surface area (Å²) in [5.41, 5.74) is -1.80. The van der Waals surface area contributed by atoms with E-state index in [4.69, 9.17) is 10.2 Å². The maximum atomic E-state index is 13.4. The Morgan fingerprint density at radius 3 is 1.27 bits per heavy atom. The van der Waals surface area contributed by atoms with Crippen molar-refractivity contribution in [3.05, 3.63) is 12.2 Å². The Morgan fingerprint density at radius 2 is 0.967 bits per heavy atom. The minimum atomic E-state index is -8.44. The average molecular weight is 484 g/mol. The van der Waals surface area contributed by atoms with Crippen molar-refractivity contribution in [3.8, 4) is 0 Å². The van der Waals surface area contributed by atoms with Crippen LogP contribution in [-0.2, 0) is 4.79 Å². The number of hydrogen-bond acceptors (Lipinski definition) is 2. The molecule has 0 aliphatic heterocycles. The molecule has 0 aliphatic rings. The van der Waals surface area contributed by atoms with E-state index >= 15 is 0 Å². The number of aliphatic hydroxyl groups excluding tert-OH is 1. The molecule has 0 rings (SSSR count). The van der Waals surface area contributed by atoms with Gasteiger partial charge in [-0.05, 0) is 0 Å². The summed E-state index contributed by atoms with van der Waals surface area (Å²) < 4.78 is 193. The van der Waals surface area contributed by atoms with Crippen LogP contribution in [0.15, 0.2) is 12.2 Å². The minimum Gasteiger partial charge on any atom is -0.478 e. The highest BCUT2D eigenvalue weighted by Gasteiger charge is 2.93. The monoisotopic (exact) mass is 484 g/mol. The standard InChI is InChI=1S/C12H7F15O3/c1-3(5(29)30)4(28)2-6(13,14)7(15,16)8(17,18)9(19,20)10(21,22)11(23,24)12(25,26)27/h4,28H,1-2H2,(H,29,30). The van der Waals surface area contributed by atoms with Crippen molar-refractivity contribution in [1.29, 1.82) is 0 Å². The maximum absolute atomic E-state index is 13.4. The Balaban J connectivity index is 6.42. The summed E-state index contributed by atoms with van der Waals surface area (Å²) in [5, 5.41) is 17.2. The largest absolute Gasteiger partial charge is 0.478 e. The summed E-state index contributed by atoms with van der Waals surface area (Å²) in [7, 11) is 0. The molecule has 178 valence electrons. The zero-order valence-electron chi connectivity index (χ0n) is 13.5. The highest BCUT2D eigenvalue weighted by Crippen LogP contribution is 2.62. The summed E-state index contributed by atoms with van der Waals surface area (Å²) in [6.07, 6.45) is -14.3. The van der Waals surface area contributed by atoms with Crippen LogP contribution in [0.25, 0.3) is 0 Å². The molecule has 30 heavy (non-hydrogen) atoms. The number of halogens is 15. The molecule has 0 amide bonds. The van der Waals surface area contributed by atoms with Crippen LogP contribution >= 0.6 is 0 Å². The van der Waals surface area contributed by atoms with Gasteiger partial charge in [0.05, 0.1) is 11.7 Å². The molecule has 1 unspecified atom stereocenters. The van der Waals surface area contributed by atoms with Crippen LogP contribution in [0.2, 0.25) is 0 Å². The molecule has 0 saturated heterocycles. The maximum Gasteiger partial charge on any atom is 0.460 e. The van der Waals surface area contributed by atoms with Gasteiger partial charge in [-0.2, -0.15) is 65.9 Å². The van der Waals surface area contributed by atoms with E-state index < -0.39 is 65.8 Å². The van der Waals surface area contributed by atoms with Crippen LogP contribution in [0.3, 0.4) is 0 Å². The van der Waals surface area contributed by atoms with Gasteiger partial charge in [0.15, 0.2) is 0 Å². The summed E-state index contributed by atoms with van der Waals surface area (Å²) in [5.74, 6) is -50.1. The molecule has 0 aromatic rings. The van der Waals surface area contributed by atoms with Crippen LogP contribution in [0.4, 0.5) is 65.9 Å². The smallest absolute Gasteiger partial charge is 0.460 e. The number of carboxylic acid groups (broad SMARTS) is 1. The normalized spacial score (nSPS) is 16.4. The molecule has 18 heteroatoms. The molecule has 0 radical (unpaired) electrons. The molecule has 0 saturated carbocycles. The van der Waals surface area contributed by atoms with Crippen LogP contribution in [-0.4, -0.2) is 64.0 Å². The first-order valence-electron chi connectivity index (χ1n) is 6.67. The number of alkyl halides is 15. The quantitative estimate of drug-likeness (QED) is 0.367. The number of hydrogen-bond donors (Lipinski definition) is 2. The molecule has 0 aromatic carbocycles. The van der Waals surface area contributed by atoms with E-state index in [0.29, 0.717) is 0 Å². The number of aliphatic hydroxyl groups is 1. The lowest BCUT2D eigenvalue weighted by Gasteiger charge is -2.41. The van der Waals surface area contributed by atoms with Crippen molar-refractivity contribution in [2.24, 2.45) is 0 Å². The molecular weight excluding hydrogens is 477 g/mol. The summed E-state index contributed by atoms with van der Waals surface area (Å²) in [6, 6.07) is 0. The van der Waals surface area contributed by atoms with Crippen LogP contribution < -0.4 is 0 Å². The van der Waals surface area contributed by atoms with Gasteiger partial charge in [0.1, 0.15) is 0 Å². The molecule has 0 aliphatic carbocycles. The third-order valence-corrected chi connectivity index (χ3v) is 3.52. The van der Waals surface area contributed by atoms with Crippen molar-refractivity contribution in [2.75, 3.05) is 0 Å². The molecule has 0 fully saturated rings. The molecular formula is C12H7F15O3. The average Bonchev–Trinajstić information content (AvgIpc) is 2.51. The van der Waals surface area contributed by atoms with Gasteiger partial charge >= 0.3 is 47.7 Å². The third-order valence-electron chi connectivity index (χ3n) is 3.52. The number of aliphatic carboxylic acids is 1. The van der Waals surface area contributed by atoms with Crippen molar-refractivity contribution < 1.29 is 80.9 Å². The van der Waals surface area contributed by atoms with Crippen molar-refractivity contribution in [1.82, 2.24) is 0 Å². The van der Waals surface area contributed by atoms with E-state index in [1.807, 2.05) is 0 Å². The van der Waals surface area contributed by atoms with Gasteiger partial charge < -0.3 is 10.2 Å². The van der Waals surface area contributed by atoms with E-state index in [1.54, 1.807) is 0 Å². The zero-order valence-corrected chi connectivity index (χ0v) is 13.5. The fraction of sp³-hybridized carbons (Fsp3) is 0.750. The van der Waals surface area contributed by atoms with Gasteiger partial charge in [0.25, 0.3) is 0 Å². The SMILES string of the molecule is C=C(C(=O)O)C(O)CC(F)(F)C(F)(F)C(F)(F)C(F)(F)C(F)(F)C(F)(F)C(F)(F)F. The van der Waals surface area contributed by atoms with E-state index in [9.17, 15) is 70.7 Å². The van der Waals surface area contributed by atoms with E-state index in [-0.39, 0.29) is 0 Å². The topological polar surface area (TPSA) is 57.5 Å². The lowest BCUT2D eigenvalue weighted by molar-refractivity contribution is -0.452. The summed E-state index contributed by atoms with van der Waals surface area (Å²) in [4.78, 5) is 10.3. The predicted octanol–water partition coefficient (Wildman–Crippen LogP) is 4.75. The number of carbonyl (C=O) groups is 1. The van der Waals surface area contributed by atoms with Crippen LogP contribution in [0.5, 0.6) is 0 Å². The Labute approximate surface area is 154 Å². The summed E-state index contributed by atoms with van der Waals surface area (Å²) >= 11 is 0. The fourth-order valence-corrected chi connectivity index (χ4v) is 1.64. The van der Waals surface area contributed by atoms with Crippen LogP contribution in [0.1, 0.15) is 6.42 Å². The lowest BCUT2D eigenvalue weighted by Crippen LogP contribution is -2.72. The molecule has 0 spiro atoms. The van der Waals surface area contributed by atoms with Gasteiger partial charge in [-0.15, -0.1) is 0 Å². The first-order valence-corrected chi connectivity index (χ1v) is 6.67. The second kappa shape index (κ2) is 7.37. The molecule has 0 bridgehead atoms. The molecule has 2 N–H and O–H groups in total. The molecule has 0 aromatic heterocycles. The summed E-state index contributed by atoms with van der Waals surface area (Å²) in [6.45, 7) is 2.32. The predicted molar refractivity (Wildman–Crippen MR) is 63.1 cm³/mol. The Hall–Kier alpha value is -1.88. The fourth-order valence-electron chi connectivity index (χ4n) is 1.64. The highest BCUT2D eigenvalue weighted by molar-refractivity contribution is 5.86. The second-order valence-electron chi connectivity index (χ2n) is 5.62. The van der Waals surface area contributed by atoms with E-state index in [1.165, 1.54) is 0 Å². The van der Waals surface area contributed by atoms with Gasteiger partial charge in [0.2, 0.25) is 0 Å². The lowest BCUT2D eigenvalue weighted by atomic mass is 9.88. The van der Waals surface area contributed by atoms with Crippen molar-refractivity contribution in [3.63, 3.8) is 0 Å². The van der Waals surface area contributed by atoms with Gasteiger partial charge in [-0.3, -0.25) is 0 Å². The van der Waals surface area contributed by atoms with Gasteiger partial charge in [0, 0.05) is 6.42 Å².